The summed E-state index contributed by atoms with van der Waals surface area (Å²) in [4.78, 5) is 0. The van der Waals surface area contributed by atoms with Crippen LogP contribution in [0.1, 0.15) is 27.8 Å². The predicted octanol–water partition coefficient (Wildman–Crippen LogP) is 1.20. The second kappa shape index (κ2) is 9.99. The molecule has 1 aromatic carbocycles. The van der Waals surface area contributed by atoms with Crippen LogP contribution < -0.4 is 26.6 Å². The summed E-state index contributed by atoms with van der Waals surface area (Å²) < 4.78 is 0. The third-order valence-electron chi connectivity index (χ3n) is 5.16. The molecule has 0 bridgehead atoms. The van der Waals surface area contributed by atoms with E-state index in [1.54, 1.807) is 0 Å². The number of anilines is 1. The fraction of sp³-hybridized carbons (Fsp3) is 0.684. The van der Waals surface area contributed by atoms with Crippen molar-refractivity contribution in [2.45, 2.75) is 34.2 Å². The first-order valence-electron chi connectivity index (χ1n) is 9.29. The van der Waals surface area contributed by atoms with Gasteiger partial charge in [-0.3, -0.25) is 0 Å². The third kappa shape index (κ3) is 5.18. The van der Waals surface area contributed by atoms with Crippen molar-refractivity contribution in [2.24, 2.45) is 0 Å². The van der Waals surface area contributed by atoms with E-state index < -0.39 is 0 Å². The zero-order valence-electron chi connectivity index (χ0n) is 15.9. The van der Waals surface area contributed by atoms with Crippen LogP contribution in [0.15, 0.2) is 0 Å². The Bertz CT molecular complexity index is 480. The van der Waals surface area contributed by atoms with E-state index in [-0.39, 0.29) is 0 Å². The van der Waals surface area contributed by atoms with Crippen LogP contribution in [0.5, 0.6) is 0 Å². The minimum Gasteiger partial charge on any atom is -0.383 e. The van der Waals surface area contributed by atoms with E-state index in [9.17, 15) is 0 Å². The van der Waals surface area contributed by atoms with E-state index in [4.69, 9.17) is 0 Å². The smallest absolute Gasteiger partial charge is 0.0421 e. The zero-order valence-corrected chi connectivity index (χ0v) is 15.9. The van der Waals surface area contributed by atoms with Gasteiger partial charge in [-0.15, -0.1) is 0 Å². The molecule has 0 aliphatic carbocycles. The van der Waals surface area contributed by atoms with Gasteiger partial charge >= 0.3 is 0 Å². The zero-order chi connectivity index (χ0) is 17.4. The van der Waals surface area contributed by atoms with E-state index in [2.05, 4.69) is 54.3 Å². The molecule has 0 saturated heterocycles. The summed E-state index contributed by atoms with van der Waals surface area (Å²) in [7, 11) is 0. The Morgan fingerprint density at radius 3 is 1.54 bits per heavy atom. The summed E-state index contributed by atoms with van der Waals surface area (Å²) in [6, 6.07) is 0. The summed E-state index contributed by atoms with van der Waals surface area (Å²) >= 11 is 0. The Kier molecular flexibility index (Phi) is 7.99. The molecule has 0 amide bonds. The van der Waals surface area contributed by atoms with Gasteiger partial charge in [0.2, 0.25) is 0 Å². The van der Waals surface area contributed by atoms with E-state index in [0.717, 1.165) is 58.9 Å². The van der Waals surface area contributed by atoms with Gasteiger partial charge in [-0.2, -0.15) is 0 Å². The summed E-state index contributed by atoms with van der Waals surface area (Å²) in [6.45, 7) is 17.9. The predicted molar refractivity (Wildman–Crippen MR) is 104 cm³/mol. The van der Waals surface area contributed by atoms with Crippen LogP contribution in [0.3, 0.4) is 0 Å². The molecule has 1 aliphatic rings. The van der Waals surface area contributed by atoms with Gasteiger partial charge < -0.3 is 26.6 Å². The largest absolute Gasteiger partial charge is 0.383 e. The topological polar surface area (TPSA) is 60.1 Å². The van der Waals surface area contributed by atoms with Crippen molar-refractivity contribution in [1.29, 1.82) is 0 Å². The fourth-order valence-electron chi connectivity index (χ4n) is 3.25. The van der Waals surface area contributed by atoms with Gasteiger partial charge in [-0.1, -0.05) is 0 Å². The average Bonchev–Trinajstić information content (AvgIpc) is 2.58. The lowest BCUT2D eigenvalue weighted by molar-refractivity contribution is 0.566. The first kappa shape index (κ1) is 19.2. The summed E-state index contributed by atoms with van der Waals surface area (Å²) in [5, 5.41) is 17.7. The summed E-state index contributed by atoms with van der Waals surface area (Å²) in [5.41, 5.74) is 8.38. The number of rotatable bonds is 0. The molecule has 0 unspecified atom stereocenters. The number of benzene rings is 1. The molecule has 1 heterocycles. The minimum absolute atomic E-state index is 0.920. The highest BCUT2D eigenvalue weighted by atomic mass is 15.0. The lowest BCUT2D eigenvalue weighted by Gasteiger charge is -2.23. The standard InChI is InChI=1S/C19H35N5/c1-14-15(2)17(4)19-18(16(14)3)13-23-10-9-21-6-5-20-7-8-22-11-12-24-19/h20-24H,5-13H2,1-4H3. The van der Waals surface area contributed by atoms with Crippen molar-refractivity contribution in [3.63, 3.8) is 0 Å². The maximum atomic E-state index is 3.68. The van der Waals surface area contributed by atoms with Crippen LogP contribution in [0.25, 0.3) is 0 Å². The highest BCUT2D eigenvalue weighted by molar-refractivity contribution is 5.65. The Balaban J connectivity index is 2.14. The van der Waals surface area contributed by atoms with Gasteiger partial charge in [0.05, 0.1) is 0 Å². The van der Waals surface area contributed by atoms with Gasteiger partial charge in [0, 0.05) is 64.6 Å². The van der Waals surface area contributed by atoms with E-state index in [0.29, 0.717) is 0 Å². The Hall–Kier alpha value is -1.14. The first-order valence-corrected chi connectivity index (χ1v) is 9.29. The van der Waals surface area contributed by atoms with Crippen molar-refractivity contribution in [3.05, 3.63) is 27.8 Å². The Labute approximate surface area is 147 Å². The van der Waals surface area contributed by atoms with Crippen LogP contribution in [0.4, 0.5) is 5.69 Å². The highest BCUT2D eigenvalue weighted by Crippen LogP contribution is 2.30. The van der Waals surface area contributed by atoms with Crippen LogP contribution >= 0.6 is 0 Å². The quantitative estimate of drug-likeness (QED) is 0.494. The number of nitrogens with one attached hydrogen (secondary N) is 5. The maximum absolute atomic E-state index is 3.68. The molecule has 2 rings (SSSR count). The van der Waals surface area contributed by atoms with Gasteiger partial charge in [-0.25, -0.2) is 0 Å². The maximum Gasteiger partial charge on any atom is 0.0421 e. The molecular formula is C19H35N5. The van der Waals surface area contributed by atoms with Gasteiger partial charge in [0.15, 0.2) is 0 Å². The minimum atomic E-state index is 0.920. The molecule has 0 spiro atoms. The first-order chi connectivity index (χ1) is 11.6. The van der Waals surface area contributed by atoms with Crippen molar-refractivity contribution >= 4 is 5.69 Å². The molecule has 24 heavy (non-hydrogen) atoms. The Morgan fingerprint density at radius 1 is 0.500 bits per heavy atom. The van der Waals surface area contributed by atoms with Crippen molar-refractivity contribution in [3.8, 4) is 0 Å². The molecule has 0 fully saturated rings. The molecule has 0 aromatic heterocycles. The highest BCUT2D eigenvalue weighted by Gasteiger charge is 2.14. The molecule has 1 aliphatic heterocycles. The summed E-state index contributed by atoms with van der Waals surface area (Å²) in [6.07, 6.45) is 0. The lowest BCUT2D eigenvalue weighted by Crippen LogP contribution is -2.36. The van der Waals surface area contributed by atoms with Crippen molar-refractivity contribution in [1.82, 2.24) is 21.3 Å². The van der Waals surface area contributed by atoms with Crippen molar-refractivity contribution in [2.75, 3.05) is 57.7 Å². The van der Waals surface area contributed by atoms with Crippen LogP contribution in [-0.4, -0.2) is 52.4 Å². The average molecular weight is 334 g/mol. The van der Waals surface area contributed by atoms with Gasteiger partial charge in [0.25, 0.3) is 0 Å². The van der Waals surface area contributed by atoms with Crippen LogP contribution in [-0.2, 0) is 6.54 Å². The van der Waals surface area contributed by atoms with Crippen LogP contribution in [0, 0.1) is 27.7 Å². The van der Waals surface area contributed by atoms with Crippen LogP contribution in [0.2, 0.25) is 0 Å². The molecule has 0 radical (unpaired) electrons. The molecule has 136 valence electrons. The SMILES string of the molecule is Cc1c(C)c(C)c2c(c1C)CNCCNCCNCCNCCN2. The number of hydrogen-bond donors (Lipinski definition) is 5. The molecule has 5 N–H and O–H groups in total. The third-order valence-corrected chi connectivity index (χ3v) is 5.16. The van der Waals surface area contributed by atoms with E-state index >= 15 is 0 Å². The van der Waals surface area contributed by atoms with Gasteiger partial charge in [-0.05, 0) is 55.5 Å². The molecular weight excluding hydrogens is 298 g/mol. The van der Waals surface area contributed by atoms with E-state index in [1.807, 2.05) is 0 Å². The summed E-state index contributed by atoms with van der Waals surface area (Å²) in [5.74, 6) is 0. The second-order valence-corrected chi connectivity index (χ2v) is 6.71. The Morgan fingerprint density at radius 2 is 0.958 bits per heavy atom. The molecule has 5 heteroatoms. The fourth-order valence-corrected chi connectivity index (χ4v) is 3.25. The van der Waals surface area contributed by atoms with Gasteiger partial charge in [0.1, 0.15) is 0 Å². The monoisotopic (exact) mass is 333 g/mol. The van der Waals surface area contributed by atoms with E-state index in [1.165, 1.54) is 33.5 Å². The van der Waals surface area contributed by atoms with Crippen molar-refractivity contribution < 1.29 is 0 Å². The second-order valence-electron chi connectivity index (χ2n) is 6.71. The normalized spacial score (nSPS) is 18.7. The number of hydrogen-bond acceptors (Lipinski definition) is 5. The molecule has 0 saturated carbocycles. The molecule has 5 nitrogen and oxygen atoms in total. The molecule has 1 aromatic rings. The lowest BCUT2D eigenvalue weighted by atomic mass is 9.92. The molecule has 0 atom stereocenters. The number of fused-ring (bicyclic) bond motifs is 1.